The normalized spacial score (nSPS) is 11.8. The molecule has 2 aromatic rings. The lowest BCUT2D eigenvalue weighted by Gasteiger charge is -2.16. The molecule has 2 rings (SSSR count). The van der Waals surface area contributed by atoms with Crippen molar-refractivity contribution in [2.45, 2.75) is 24.8 Å². The molecule has 0 aliphatic heterocycles. The Hall–Kier alpha value is -1.93. The van der Waals surface area contributed by atoms with Crippen LogP contribution in [0.5, 0.6) is 0 Å². The minimum Gasteiger partial charge on any atom is -0.385 e. The van der Waals surface area contributed by atoms with Gasteiger partial charge in [-0.3, -0.25) is 5.10 Å². The van der Waals surface area contributed by atoms with Crippen LogP contribution < -0.4 is 5.32 Å². The second-order valence-corrected chi connectivity index (χ2v) is 6.69. The van der Waals surface area contributed by atoms with E-state index in [2.05, 4.69) is 27.4 Å². The summed E-state index contributed by atoms with van der Waals surface area (Å²) in [6, 6.07) is 6.74. The first-order valence-corrected chi connectivity index (χ1v) is 8.12. The van der Waals surface area contributed by atoms with Crippen molar-refractivity contribution in [3.63, 3.8) is 0 Å². The van der Waals surface area contributed by atoms with Crippen LogP contribution in [0.1, 0.15) is 19.2 Å². The predicted octanol–water partition coefficient (Wildman–Crippen LogP) is 1.45. The zero-order chi connectivity index (χ0) is 15.3. The van der Waals surface area contributed by atoms with E-state index in [0.717, 1.165) is 18.7 Å². The lowest BCUT2D eigenvalue weighted by Crippen LogP contribution is -2.27. The lowest BCUT2D eigenvalue weighted by molar-refractivity contribution is 0.457. The van der Waals surface area contributed by atoms with E-state index in [1.807, 2.05) is 0 Å². The highest BCUT2D eigenvalue weighted by molar-refractivity contribution is 7.89. The number of anilines is 1. The van der Waals surface area contributed by atoms with Gasteiger partial charge < -0.3 is 5.32 Å². The maximum Gasteiger partial charge on any atom is 0.243 e. The van der Waals surface area contributed by atoms with E-state index >= 15 is 0 Å². The van der Waals surface area contributed by atoms with E-state index in [1.54, 1.807) is 24.3 Å². The number of hydrogen-bond donors (Lipinski definition) is 2. The van der Waals surface area contributed by atoms with Crippen LogP contribution >= 0.6 is 0 Å². The SMILES string of the molecule is CCCNc1ccc(S(=O)(=O)N(C)Cc2ncn[nH]2)cc1. The van der Waals surface area contributed by atoms with Crippen LogP contribution in [0, 0.1) is 0 Å². The van der Waals surface area contributed by atoms with E-state index in [1.165, 1.54) is 17.7 Å². The molecule has 0 aliphatic rings. The number of nitrogens with one attached hydrogen (secondary N) is 2. The third kappa shape index (κ3) is 3.79. The minimum atomic E-state index is -3.53. The summed E-state index contributed by atoms with van der Waals surface area (Å²) >= 11 is 0. The lowest BCUT2D eigenvalue weighted by atomic mass is 10.3. The third-order valence-corrected chi connectivity index (χ3v) is 4.80. The topological polar surface area (TPSA) is 91.0 Å². The highest BCUT2D eigenvalue weighted by atomic mass is 32.2. The molecule has 21 heavy (non-hydrogen) atoms. The largest absolute Gasteiger partial charge is 0.385 e. The molecule has 0 radical (unpaired) electrons. The molecular formula is C13H19N5O2S. The molecule has 0 bridgehead atoms. The van der Waals surface area contributed by atoms with Crippen molar-refractivity contribution in [2.24, 2.45) is 0 Å². The van der Waals surface area contributed by atoms with Crippen molar-refractivity contribution in [1.29, 1.82) is 0 Å². The van der Waals surface area contributed by atoms with Gasteiger partial charge in [0.25, 0.3) is 0 Å². The number of rotatable bonds is 7. The van der Waals surface area contributed by atoms with Gasteiger partial charge in [0.1, 0.15) is 12.2 Å². The number of H-pyrrole nitrogens is 1. The molecule has 1 aromatic heterocycles. The molecule has 0 unspecified atom stereocenters. The van der Waals surface area contributed by atoms with Crippen LogP contribution in [0.15, 0.2) is 35.5 Å². The van der Waals surface area contributed by atoms with Gasteiger partial charge >= 0.3 is 0 Å². The maximum atomic E-state index is 12.4. The molecule has 0 saturated carbocycles. The average molecular weight is 309 g/mol. The molecule has 7 nitrogen and oxygen atoms in total. The molecule has 0 saturated heterocycles. The Kier molecular flexibility index (Phi) is 4.92. The molecule has 0 atom stereocenters. The minimum absolute atomic E-state index is 0.151. The van der Waals surface area contributed by atoms with Crippen LogP contribution in [-0.4, -0.2) is 41.5 Å². The van der Waals surface area contributed by atoms with Crippen LogP contribution in [0.2, 0.25) is 0 Å². The fourth-order valence-corrected chi connectivity index (χ4v) is 2.93. The summed E-state index contributed by atoms with van der Waals surface area (Å²) in [6.45, 7) is 3.08. The van der Waals surface area contributed by atoms with Crippen molar-refractivity contribution in [3.05, 3.63) is 36.4 Å². The molecule has 2 N–H and O–H groups in total. The van der Waals surface area contributed by atoms with Gasteiger partial charge in [-0.15, -0.1) is 0 Å². The maximum absolute atomic E-state index is 12.4. The van der Waals surface area contributed by atoms with E-state index in [0.29, 0.717) is 5.82 Å². The zero-order valence-corrected chi connectivity index (χ0v) is 12.9. The van der Waals surface area contributed by atoms with Crippen LogP contribution in [0.4, 0.5) is 5.69 Å². The first-order chi connectivity index (χ1) is 10.0. The highest BCUT2D eigenvalue weighted by Gasteiger charge is 2.21. The van der Waals surface area contributed by atoms with E-state index in [4.69, 9.17) is 0 Å². The van der Waals surface area contributed by atoms with Crippen LogP contribution in [0.3, 0.4) is 0 Å². The summed E-state index contributed by atoms with van der Waals surface area (Å²) in [6.07, 6.45) is 2.37. The fourth-order valence-electron chi connectivity index (χ4n) is 1.80. The third-order valence-electron chi connectivity index (χ3n) is 2.98. The molecule has 8 heteroatoms. The van der Waals surface area contributed by atoms with Crippen molar-refractivity contribution in [2.75, 3.05) is 18.9 Å². The van der Waals surface area contributed by atoms with E-state index < -0.39 is 10.0 Å². The van der Waals surface area contributed by atoms with Crippen molar-refractivity contribution in [3.8, 4) is 0 Å². The van der Waals surface area contributed by atoms with Crippen LogP contribution in [0.25, 0.3) is 0 Å². The Bertz CT molecular complexity index is 652. The quantitative estimate of drug-likeness (QED) is 0.807. The second-order valence-electron chi connectivity index (χ2n) is 4.64. The molecule has 114 valence electrons. The summed E-state index contributed by atoms with van der Waals surface area (Å²) in [5.41, 5.74) is 0.911. The zero-order valence-electron chi connectivity index (χ0n) is 12.1. The predicted molar refractivity (Wildman–Crippen MR) is 80.3 cm³/mol. The van der Waals surface area contributed by atoms with E-state index in [9.17, 15) is 8.42 Å². The number of nitrogens with zero attached hydrogens (tertiary/aromatic N) is 3. The summed E-state index contributed by atoms with van der Waals surface area (Å²) in [5, 5.41) is 9.56. The summed E-state index contributed by atoms with van der Waals surface area (Å²) in [4.78, 5) is 4.18. The Balaban J connectivity index is 2.11. The highest BCUT2D eigenvalue weighted by Crippen LogP contribution is 2.18. The first kappa shape index (κ1) is 15.5. The van der Waals surface area contributed by atoms with Gasteiger partial charge in [-0.1, -0.05) is 6.92 Å². The van der Waals surface area contributed by atoms with Gasteiger partial charge in [-0.25, -0.2) is 13.4 Å². The van der Waals surface area contributed by atoms with Gasteiger partial charge in [0.05, 0.1) is 11.4 Å². The Labute approximate surface area is 124 Å². The molecule has 0 fully saturated rings. The Morgan fingerprint density at radius 3 is 2.57 bits per heavy atom. The Morgan fingerprint density at radius 2 is 2.00 bits per heavy atom. The van der Waals surface area contributed by atoms with Crippen molar-refractivity contribution >= 4 is 15.7 Å². The van der Waals surface area contributed by atoms with E-state index in [-0.39, 0.29) is 11.4 Å². The molecule has 1 heterocycles. The first-order valence-electron chi connectivity index (χ1n) is 6.68. The molecular weight excluding hydrogens is 290 g/mol. The van der Waals surface area contributed by atoms with Crippen molar-refractivity contribution in [1.82, 2.24) is 19.5 Å². The van der Waals surface area contributed by atoms with Crippen LogP contribution in [-0.2, 0) is 16.6 Å². The molecule has 0 aliphatic carbocycles. The smallest absolute Gasteiger partial charge is 0.243 e. The summed E-state index contributed by atoms with van der Waals surface area (Å²) < 4.78 is 26.1. The number of sulfonamides is 1. The van der Waals surface area contributed by atoms with Gasteiger partial charge in [0.2, 0.25) is 10.0 Å². The molecule has 1 aromatic carbocycles. The Morgan fingerprint density at radius 1 is 1.29 bits per heavy atom. The van der Waals surface area contributed by atoms with Gasteiger partial charge in [0, 0.05) is 19.3 Å². The number of aromatic amines is 1. The van der Waals surface area contributed by atoms with Gasteiger partial charge in [0.15, 0.2) is 0 Å². The monoisotopic (exact) mass is 309 g/mol. The second kappa shape index (κ2) is 6.68. The van der Waals surface area contributed by atoms with Gasteiger partial charge in [-0.05, 0) is 30.7 Å². The summed E-state index contributed by atoms with van der Waals surface area (Å²) in [5.74, 6) is 0.502. The summed E-state index contributed by atoms with van der Waals surface area (Å²) in [7, 11) is -2.02. The molecule has 0 amide bonds. The standard InChI is InChI=1S/C13H19N5O2S/c1-3-8-14-11-4-6-12(7-5-11)21(19,20)18(2)9-13-15-10-16-17-13/h4-7,10,14H,3,8-9H2,1-2H3,(H,15,16,17). The van der Waals surface area contributed by atoms with Gasteiger partial charge in [-0.2, -0.15) is 9.40 Å². The number of hydrogen-bond acceptors (Lipinski definition) is 5. The number of aromatic nitrogens is 3. The fraction of sp³-hybridized carbons (Fsp3) is 0.385. The number of benzene rings is 1. The average Bonchev–Trinajstić information content (AvgIpc) is 2.98. The van der Waals surface area contributed by atoms with Crippen molar-refractivity contribution < 1.29 is 8.42 Å². The molecule has 0 spiro atoms.